The van der Waals surface area contributed by atoms with Gasteiger partial charge in [0.2, 0.25) is 0 Å². The van der Waals surface area contributed by atoms with Crippen LogP contribution in [0, 0.1) is 6.92 Å². The molecule has 3 aromatic rings. The number of nitrogens with one attached hydrogen (secondary N) is 1. The molecular weight excluding hydrogens is 294 g/mol. The maximum atomic E-state index is 12.6. The molecule has 0 aliphatic heterocycles. The molecule has 0 unspecified atom stereocenters. The number of ether oxygens (including phenoxy) is 1. The normalized spacial score (nSPS) is 10.9. The van der Waals surface area contributed by atoms with Crippen molar-refractivity contribution in [3.05, 3.63) is 58.0 Å². The van der Waals surface area contributed by atoms with E-state index in [0.29, 0.717) is 16.9 Å². The van der Waals surface area contributed by atoms with Crippen LogP contribution in [0.1, 0.15) is 18.2 Å². The zero-order chi connectivity index (χ0) is 16.4. The van der Waals surface area contributed by atoms with Crippen molar-refractivity contribution in [3.63, 3.8) is 0 Å². The highest BCUT2D eigenvalue weighted by Gasteiger charge is 2.16. The van der Waals surface area contributed by atoms with Gasteiger partial charge in [-0.15, -0.1) is 0 Å². The zero-order valence-electron chi connectivity index (χ0n) is 13.0. The number of benzene rings is 1. The van der Waals surface area contributed by atoms with Gasteiger partial charge in [0.25, 0.3) is 5.56 Å². The maximum absolute atomic E-state index is 12.6. The lowest BCUT2D eigenvalue weighted by molar-refractivity contribution is -0.142. The lowest BCUT2D eigenvalue weighted by Crippen LogP contribution is -2.24. The fourth-order valence-corrected chi connectivity index (χ4v) is 2.50. The minimum absolute atomic E-state index is 0.0753. The highest BCUT2D eigenvalue weighted by molar-refractivity contribution is 5.73. The number of aromatic nitrogens is 3. The molecule has 1 N–H and O–H groups in total. The standard InChI is InChI=1S/C17H17N3O3/c1-3-23-16(21)9-13-11(2)18-15-10-14(19-20(15)17(13)22)12-7-5-4-6-8-12/h4-8,10,19H,3,9H2,1-2H3. The van der Waals surface area contributed by atoms with Crippen molar-refractivity contribution < 1.29 is 9.53 Å². The van der Waals surface area contributed by atoms with Crippen molar-refractivity contribution in [2.24, 2.45) is 0 Å². The van der Waals surface area contributed by atoms with E-state index in [1.54, 1.807) is 13.8 Å². The van der Waals surface area contributed by atoms with Crippen molar-refractivity contribution >= 4 is 11.6 Å². The summed E-state index contributed by atoms with van der Waals surface area (Å²) in [5.41, 5.74) is 2.90. The van der Waals surface area contributed by atoms with Gasteiger partial charge in [-0.3, -0.25) is 14.7 Å². The minimum Gasteiger partial charge on any atom is -0.466 e. The van der Waals surface area contributed by atoms with Gasteiger partial charge in [0.05, 0.1) is 24.3 Å². The molecule has 6 nitrogen and oxygen atoms in total. The molecule has 0 radical (unpaired) electrons. The van der Waals surface area contributed by atoms with Crippen molar-refractivity contribution in [1.29, 1.82) is 0 Å². The molecule has 0 amide bonds. The van der Waals surface area contributed by atoms with E-state index in [1.165, 1.54) is 4.52 Å². The molecule has 2 heterocycles. The van der Waals surface area contributed by atoms with Crippen LogP contribution in [0.5, 0.6) is 0 Å². The number of rotatable bonds is 4. The summed E-state index contributed by atoms with van der Waals surface area (Å²) in [6.07, 6.45) is -0.0753. The molecule has 0 spiro atoms. The SMILES string of the molecule is CCOC(=O)Cc1c(C)nc2cc(-c3ccccc3)[nH]n2c1=O. The average Bonchev–Trinajstić information content (AvgIpc) is 2.97. The van der Waals surface area contributed by atoms with Crippen LogP contribution in [-0.4, -0.2) is 27.2 Å². The van der Waals surface area contributed by atoms with Crippen molar-refractivity contribution in [2.75, 3.05) is 6.61 Å². The van der Waals surface area contributed by atoms with Crippen LogP contribution < -0.4 is 5.56 Å². The zero-order valence-corrected chi connectivity index (χ0v) is 13.0. The van der Waals surface area contributed by atoms with E-state index in [9.17, 15) is 9.59 Å². The number of nitrogens with zero attached hydrogens (tertiary/aromatic N) is 2. The van der Waals surface area contributed by atoms with E-state index in [1.807, 2.05) is 36.4 Å². The first-order chi connectivity index (χ1) is 11.1. The predicted octanol–water partition coefficient (Wildman–Crippen LogP) is 2.10. The second-order valence-corrected chi connectivity index (χ2v) is 5.19. The second-order valence-electron chi connectivity index (χ2n) is 5.19. The van der Waals surface area contributed by atoms with Gasteiger partial charge in [-0.2, -0.15) is 0 Å². The molecule has 0 bridgehead atoms. The summed E-state index contributed by atoms with van der Waals surface area (Å²) in [6, 6.07) is 11.5. The molecule has 118 valence electrons. The Hall–Kier alpha value is -2.89. The smallest absolute Gasteiger partial charge is 0.310 e. The lowest BCUT2D eigenvalue weighted by atomic mass is 10.1. The second kappa shape index (κ2) is 6.08. The number of hydrogen-bond acceptors (Lipinski definition) is 4. The minimum atomic E-state index is -0.427. The Labute approximate surface area is 132 Å². The van der Waals surface area contributed by atoms with Crippen molar-refractivity contribution in [3.8, 4) is 11.3 Å². The Morgan fingerprint density at radius 3 is 2.74 bits per heavy atom. The number of carbonyl (C=O) groups excluding carboxylic acids is 1. The average molecular weight is 311 g/mol. The van der Waals surface area contributed by atoms with Crippen LogP contribution in [-0.2, 0) is 16.0 Å². The molecule has 0 fully saturated rings. The fraction of sp³-hybridized carbons (Fsp3) is 0.235. The van der Waals surface area contributed by atoms with Crippen molar-refractivity contribution in [1.82, 2.24) is 14.6 Å². The number of H-pyrrole nitrogens is 1. The molecule has 3 rings (SSSR count). The lowest BCUT2D eigenvalue weighted by Gasteiger charge is -2.05. The number of carbonyl (C=O) groups is 1. The van der Waals surface area contributed by atoms with Crippen LogP contribution in [0.15, 0.2) is 41.2 Å². The van der Waals surface area contributed by atoms with Crippen LogP contribution in [0.2, 0.25) is 0 Å². The summed E-state index contributed by atoms with van der Waals surface area (Å²) in [7, 11) is 0. The van der Waals surface area contributed by atoms with Crippen LogP contribution in [0.4, 0.5) is 0 Å². The first kappa shape index (κ1) is 15.0. The summed E-state index contributed by atoms with van der Waals surface area (Å²) in [6.45, 7) is 3.75. The number of hydrogen-bond donors (Lipinski definition) is 1. The van der Waals surface area contributed by atoms with Crippen LogP contribution in [0.3, 0.4) is 0 Å². The van der Waals surface area contributed by atoms with Gasteiger partial charge < -0.3 is 4.74 Å². The molecular formula is C17H17N3O3. The number of aryl methyl sites for hydroxylation is 1. The first-order valence-electron chi connectivity index (χ1n) is 7.42. The Morgan fingerprint density at radius 2 is 2.04 bits per heavy atom. The molecule has 1 aromatic carbocycles. The molecule has 0 atom stereocenters. The van der Waals surface area contributed by atoms with E-state index in [-0.39, 0.29) is 18.6 Å². The quantitative estimate of drug-likeness (QED) is 0.749. The predicted molar refractivity (Wildman–Crippen MR) is 86.3 cm³/mol. The number of aromatic amines is 1. The third-order valence-electron chi connectivity index (χ3n) is 3.63. The Kier molecular flexibility index (Phi) is 3.97. The van der Waals surface area contributed by atoms with Crippen LogP contribution in [0.25, 0.3) is 16.9 Å². The van der Waals surface area contributed by atoms with E-state index < -0.39 is 5.97 Å². The van der Waals surface area contributed by atoms with Gasteiger partial charge in [-0.05, 0) is 19.4 Å². The molecule has 2 aromatic heterocycles. The Bertz CT molecular complexity index is 910. The van der Waals surface area contributed by atoms with Gasteiger partial charge in [0, 0.05) is 11.8 Å². The number of fused-ring (bicyclic) bond motifs is 1. The summed E-state index contributed by atoms with van der Waals surface area (Å²) in [5, 5.41) is 3.04. The van der Waals surface area contributed by atoms with Gasteiger partial charge in [-0.25, -0.2) is 9.50 Å². The Morgan fingerprint density at radius 1 is 1.30 bits per heavy atom. The van der Waals surface area contributed by atoms with E-state index in [0.717, 1.165) is 11.3 Å². The highest BCUT2D eigenvalue weighted by atomic mass is 16.5. The first-order valence-corrected chi connectivity index (χ1v) is 7.42. The van der Waals surface area contributed by atoms with E-state index in [2.05, 4.69) is 10.1 Å². The monoisotopic (exact) mass is 311 g/mol. The molecule has 0 aliphatic carbocycles. The summed E-state index contributed by atoms with van der Waals surface area (Å²) in [4.78, 5) is 28.7. The maximum Gasteiger partial charge on any atom is 0.310 e. The topological polar surface area (TPSA) is 76.5 Å². The molecule has 6 heteroatoms. The van der Waals surface area contributed by atoms with Crippen molar-refractivity contribution in [2.45, 2.75) is 20.3 Å². The molecule has 0 aliphatic rings. The van der Waals surface area contributed by atoms with Gasteiger partial charge in [0.15, 0.2) is 5.65 Å². The summed E-state index contributed by atoms with van der Waals surface area (Å²) < 4.78 is 6.28. The van der Waals surface area contributed by atoms with E-state index in [4.69, 9.17) is 4.74 Å². The third-order valence-corrected chi connectivity index (χ3v) is 3.63. The molecule has 23 heavy (non-hydrogen) atoms. The van der Waals surface area contributed by atoms with Gasteiger partial charge in [0.1, 0.15) is 0 Å². The van der Waals surface area contributed by atoms with E-state index >= 15 is 0 Å². The third kappa shape index (κ3) is 2.88. The number of esters is 1. The highest BCUT2D eigenvalue weighted by Crippen LogP contribution is 2.18. The summed E-state index contributed by atoms with van der Waals surface area (Å²) in [5.74, 6) is -0.427. The Balaban J connectivity index is 2.08. The van der Waals surface area contributed by atoms with Gasteiger partial charge >= 0.3 is 5.97 Å². The molecule has 0 saturated heterocycles. The molecule has 0 saturated carbocycles. The summed E-state index contributed by atoms with van der Waals surface area (Å²) >= 11 is 0. The fourth-order valence-electron chi connectivity index (χ4n) is 2.50. The van der Waals surface area contributed by atoms with Crippen LogP contribution >= 0.6 is 0 Å². The largest absolute Gasteiger partial charge is 0.466 e. The van der Waals surface area contributed by atoms with Gasteiger partial charge in [-0.1, -0.05) is 30.3 Å².